The van der Waals surface area contributed by atoms with Crippen molar-refractivity contribution in [2.24, 2.45) is 0 Å². The topological polar surface area (TPSA) is 56.0 Å². The molecule has 0 atom stereocenters. The maximum Gasteiger partial charge on any atom is 0.290 e. The minimum Gasteiger partial charge on any atom is -0.258 e. The molecule has 0 amide bonds. The normalized spacial score (nSPS) is 9.83. The van der Waals surface area contributed by atoms with E-state index in [4.69, 9.17) is 11.6 Å². The second-order valence-corrected chi connectivity index (χ2v) is 2.63. The highest BCUT2D eigenvalue weighted by Gasteiger charge is 2.12. The lowest BCUT2D eigenvalue weighted by Gasteiger charge is -1.98. The Hall–Kier alpha value is -1.16. The number of hydrogen-bond acceptors (Lipinski definition) is 3. The van der Waals surface area contributed by atoms with Gasteiger partial charge >= 0.3 is 0 Å². The molecule has 1 aromatic rings. The molecular formula is C7H7ClN2O2. The van der Waals surface area contributed by atoms with Gasteiger partial charge in [0, 0.05) is 5.56 Å². The highest BCUT2D eigenvalue weighted by Crippen LogP contribution is 2.20. The Morgan fingerprint density at radius 2 is 2.42 bits per heavy atom. The molecule has 4 nitrogen and oxygen atoms in total. The number of aromatic nitrogens is 1. The fourth-order valence-electron chi connectivity index (χ4n) is 0.908. The third kappa shape index (κ3) is 1.71. The van der Waals surface area contributed by atoms with E-state index in [9.17, 15) is 10.1 Å². The lowest BCUT2D eigenvalue weighted by molar-refractivity contribution is -0.385. The molecule has 0 N–H and O–H groups in total. The maximum atomic E-state index is 10.4. The third-order valence-corrected chi connectivity index (χ3v) is 1.72. The number of hydrogen-bond donors (Lipinski definition) is 0. The van der Waals surface area contributed by atoms with Gasteiger partial charge in [0.2, 0.25) is 0 Å². The molecule has 0 spiro atoms. The van der Waals surface area contributed by atoms with E-state index in [1.54, 1.807) is 0 Å². The summed E-state index contributed by atoms with van der Waals surface area (Å²) >= 11 is 5.57. The van der Waals surface area contributed by atoms with Crippen molar-refractivity contribution in [1.29, 1.82) is 0 Å². The van der Waals surface area contributed by atoms with Crippen LogP contribution in [-0.2, 0) is 6.42 Å². The number of rotatable bonds is 2. The molecule has 0 aliphatic carbocycles. The van der Waals surface area contributed by atoms with E-state index in [0.29, 0.717) is 12.0 Å². The molecule has 12 heavy (non-hydrogen) atoms. The lowest BCUT2D eigenvalue weighted by Crippen LogP contribution is -1.95. The van der Waals surface area contributed by atoms with Crippen LogP contribution < -0.4 is 0 Å². The van der Waals surface area contributed by atoms with Crippen molar-refractivity contribution in [3.05, 3.63) is 33.1 Å². The van der Waals surface area contributed by atoms with E-state index in [2.05, 4.69) is 4.98 Å². The van der Waals surface area contributed by atoms with Crippen LogP contribution in [0.2, 0.25) is 5.15 Å². The van der Waals surface area contributed by atoms with Gasteiger partial charge in [0.15, 0.2) is 0 Å². The van der Waals surface area contributed by atoms with Gasteiger partial charge in [-0.1, -0.05) is 18.5 Å². The second kappa shape index (κ2) is 3.49. The first-order chi connectivity index (χ1) is 5.65. The van der Waals surface area contributed by atoms with Crippen LogP contribution >= 0.6 is 11.6 Å². The van der Waals surface area contributed by atoms with Crippen molar-refractivity contribution in [1.82, 2.24) is 4.98 Å². The van der Waals surface area contributed by atoms with Gasteiger partial charge in [-0.2, -0.15) is 0 Å². The molecule has 1 rings (SSSR count). The van der Waals surface area contributed by atoms with Crippen molar-refractivity contribution in [3.63, 3.8) is 0 Å². The average Bonchev–Trinajstić information content (AvgIpc) is 2.03. The summed E-state index contributed by atoms with van der Waals surface area (Å²) in [5.41, 5.74) is 0.641. The van der Waals surface area contributed by atoms with Crippen molar-refractivity contribution in [2.75, 3.05) is 0 Å². The lowest BCUT2D eigenvalue weighted by atomic mass is 10.2. The van der Waals surface area contributed by atoms with E-state index in [-0.39, 0.29) is 10.8 Å². The summed E-state index contributed by atoms with van der Waals surface area (Å²) in [6.45, 7) is 1.83. The monoisotopic (exact) mass is 186 g/mol. The third-order valence-electron chi connectivity index (χ3n) is 1.51. The van der Waals surface area contributed by atoms with Crippen LogP contribution in [-0.4, -0.2) is 9.91 Å². The molecule has 0 bridgehead atoms. The molecule has 0 saturated heterocycles. The molecule has 0 fully saturated rings. The zero-order valence-corrected chi connectivity index (χ0v) is 7.21. The number of nitrogens with zero attached hydrogens (tertiary/aromatic N) is 2. The number of aryl methyl sites for hydroxylation is 1. The van der Waals surface area contributed by atoms with Crippen LogP contribution in [0.4, 0.5) is 5.69 Å². The fourth-order valence-corrected chi connectivity index (χ4v) is 1.09. The Kier molecular flexibility index (Phi) is 2.60. The second-order valence-electron chi connectivity index (χ2n) is 2.25. The summed E-state index contributed by atoms with van der Waals surface area (Å²) in [5, 5.41) is 10.7. The zero-order valence-electron chi connectivity index (χ0n) is 6.45. The first-order valence-electron chi connectivity index (χ1n) is 3.44. The molecule has 0 radical (unpaired) electrons. The quantitative estimate of drug-likeness (QED) is 0.404. The van der Waals surface area contributed by atoms with Crippen molar-refractivity contribution >= 4 is 17.3 Å². The summed E-state index contributed by atoms with van der Waals surface area (Å²) < 4.78 is 0. The van der Waals surface area contributed by atoms with Crippen LogP contribution in [0.15, 0.2) is 12.3 Å². The molecule has 0 unspecified atom stereocenters. The van der Waals surface area contributed by atoms with Crippen molar-refractivity contribution in [2.45, 2.75) is 13.3 Å². The van der Waals surface area contributed by atoms with Crippen LogP contribution in [0, 0.1) is 10.1 Å². The van der Waals surface area contributed by atoms with E-state index in [1.807, 2.05) is 6.92 Å². The molecule has 0 saturated carbocycles. The summed E-state index contributed by atoms with van der Waals surface area (Å²) in [7, 11) is 0. The minimum atomic E-state index is -0.456. The van der Waals surface area contributed by atoms with Crippen LogP contribution in [0.1, 0.15) is 12.5 Å². The minimum absolute atomic E-state index is 0.0295. The Labute approximate surface area is 74.3 Å². The number of pyridine rings is 1. The SMILES string of the molecule is CCc1cc(Cl)ncc1[N+](=O)[O-]. The van der Waals surface area contributed by atoms with Crippen LogP contribution in [0.3, 0.4) is 0 Å². The van der Waals surface area contributed by atoms with Gasteiger partial charge in [0.25, 0.3) is 5.69 Å². The molecule has 5 heteroatoms. The van der Waals surface area contributed by atoms with Crippen LogP contribution in [0.25, 0.3) is 0 Å². The molecule has 1 heterocycles. The van der Waals surface area contributed by atoms with Gasteiger partial charge in [0.05, 0.1) is 4.92 Å². The number of nitro groups is 1. The zero-order chi connectivity index (χ0) is 9.14. The first-order valence-corrected chi connectivity index (χ1v) is 3.81. The Bertz CT molecular complexity index is 314. The van der Waals surface area contributed by atoms with E-state index < -0.39 is 4.92 Å². The van der Waals surface area contributed by atoms with Gasteiger partial charge in [-0.15, -0.1) is 0 Å². The molecule has 64 valence electrons. The summed E-state index contributed by atoms with van der Waals surface area (Å²) in [6.07, 6.45) is 1.76. The molecule has 0 aliphatic rings. The van der Waals surface area contributed by atoms with Gasteiger partial charge in [-0.25, -0.2) is 4.98 Å². The van der Waals surface area contributed by atoms with Gasteiger partial charge < -0.3 is 0 Å². The van der Waals surface area contributed by atoms with Crippen molar-refractivity contribution in [3.8, 4) is 0 Å². The summed E-state index contributed by atoms with van der Waals surface area (Å²) in [5.74, 6) is 0. The first kappa shape index (κ1) is 8.93. The standard InChI is InChI=1S/C7H7ClN2O2/c1-2-5-3-7(8)9-4-6(5)10(11)12/h3-4H,2H2,1H3. The van der Waals surface area contributed by atoms with Gasteiger partial charge in [-0.05, 0) is 12.5 Å². The molecule has 0 aromatic carbocycles. The largest absolute Gasteiger partial charge is 0.290 e. The predicted octanol–water partition coefficient (Wildman–Crippen LogP) is 2.21. The van der Waals surface area contributed by atoms with Crippen LogP contribution in [0.5, 0.6) is 0 Å². The van der Waals surface area contributed by atoms with E-state index >= 15 is 0 Å². The van der Waals surface area contributed by atoms with Crippen molar-refractivity contribution < 1.29 is 4.92 Å². The molecule has 1 aromatic heterocycles. The predicted molar refractivity (Wildman–Crippen MR) is 45.3 cm³/mol. The summed E-state index contributed by atoms with van der Waals surface area (Å²) in [4.78, 5) is 13.6. The molecular weight excluding hydrogens is 180 g/mol. The van der Waals surface area contributed by atoms with Gasteiger partial charge in [0.1, 0.15) is 11.3 Å². The Balaban J connectivity index is 3.20. The Morgan fingerprint density at radius 3 is 2.92 bits per heavy atom. The Morgan fingerprint density at radius 1 is 1.75 bits per heavy atom. The molecule has 0 aliphatic heterocycles. The van der Waals surface area contributed by atoms with E-state index in [1.165, 1.54) is 12.3 Å². The van der Waals surface area contributed by atoms with Gasteiger partial charge in [-0.3, -0.25) is 10.1 Å². The average molecular weight is 187 g/mol. The summed E-state index contributed by atoms with van der Waals surface area (Å²) in [6, 6.07) is 1.51. The maximum absolute atomic E-state index is 10.4. The van der Waals surface area contributed by atoms with E-state index in [0.717, 1.165) is 0 Å². The number of halogens is 1. The fraction of sp³-hybridized carbons (Fsp3) is 0.286. The smallest absolute Gasteiger partial charge is 0.258 e. The highest BCUT2D eigenvalue weighted by atomic mass is 35.5. The highest BCUT2D eigenvalue weighted by molar-refractivity contribution is 6.29.